The second kappa shape index (κ2) is 7.61. The number of nitro groups is 1. The molecular weight excluding hydrogens is 292 g/mol. The van der Waals surface area contributed by atoms with E-state index in [1.165, 1.54) is 6.07 Å². The molecule has 0 aliphatic rings. The van der Waals surface area contributed by atoms with Crippen molar-refractivity contribution in [1.29, 1.82) is 0 Å². The maximum Gasteiger partial charge on any atom is 0.293 e. The average Bonchev–Trinajstić information content (AvgIpc) is 2.37. The van der Waals surface area contributed by atoms with Crippen molar-refractivity contribution in [3.8, 4) is 0 Å². The van der Waals surface area contributed by atoms with Crippen LogP contribution >= 0.6 is 11.6 Å². The van der Waals surface area contributed by atoms with Gasteiger partial charge in [0.25, 0.3) is 5.69 Å². The fourth-order valence-corrected chi connectivity index (χ4v) is 2.10. The number of halogens is 1. The monoisotopic (exact) mass is 314 g/mol. The van der Waals surface area contributed by atoms with Gasteiger partial charge in [-0.05, 0) is 23.5 Å². The van der Waals surface area contributed by atoms with Gasteiger partial charge in [-0.3, -0.25) is 10.1 Å². The molecule has 0 saturated carbocycles. The minimum Gasteiger partial charge on any atom is -0.379 e. The molecule has 1 aromatic carbocycles. The molecule has 1 aromatic rings. The number of nitrogens with zero attached hydrogens (tertiary/aromatic N) is 1. The summed E-state index contributed by atoms with van der Waals surface area (Å²) in [5.41, 5.74) is 1.48. The van der Waals surface area contributed by atoms with E-state index in [1.54, 1.807) is 6.07 Å². The van der Waals surface area contributed by atoms with Gasteiger partial charge in [-0.15, -0.1) is 0 Å². The van der Waals surface area contributed by atoms with Crippen LogP contribution in [0, 0.1) is 15.5 Å². The third-order valence-electron chi connectivity index (χ3n) is 2.84. The molecule has 6 heteroatoms. The molecule has 0 aromatic heterocycles. The Kier molecular flexibility index (Phi) is 6.42. The zero-order valence-corrected chi connectivity index (χ0v) is 13.8. The molecule has 0 heterocycles. The summed E-state index contributed by atoms with van der Waals surface area (Å²) in [7, 11) is 0. The number of nitrogens with one attached hydrogen (secondary N) is 1. The van der Waals surface area contributed by atoms with E-state index in [-0.39, 0.29) is 11.1 Å². The van der Waals surface area contributed by atoms with Gasteiger partial charge < -0.3 is 10.1 Å². The van der Waals surface area contributed by atoms with Gasteiger partial charge in [0.05, 0.1) is 23.2 Å². The summed E-state index contributed by atoms with van der Waals surface area (Å²) in [5.74, 6) is 0. The minimum atomic E-state index is -0.427. The Hall–Kier alpha value is -1.33. The van der Waals surface area contributed by atoms with E-state index in [4.69, 9.17) is 16.3 Å². The first-order chi connectivity index (χ1) is 9.74. The molecule has 0 amide bonds. The summed E-state index contributed by atoms with van der Waals surface area (Å²) >= 11 is 6.02. The number of ether oxygens (including phenoxy) is 1. The van der Waals surface area contributed by atoms with Crippen LogP contribution in [0.25, 0.3) is 0 Å². The highest BCUT2D eigenvalue weighted by Crippen LogP contribution is 2.31. The molecular formula is C15H23ClN2O3. The third kappa shape index (κ3) is 5.89. The van der Waals surface area contributed by atoms with Gasteiger partial charge in [0, 0.05) is 12.6 Å². The summed E-state index contributed by atoms with van der Waals surface area (Å²) < 4.78 is 5.54. The van der Waals surface area contributed by atoms with Gasteiger partial charge in [-0.25, -0.2) is 0 Å². The lowest BCUT2D eigenvalue weighted by molar-refractivity contribution is -0.384. The molecule has 0 radical (unpaired) electrons. The second-order valence-corrected chi connectivity index (χ2v) is 6.52. The summed E-state index contributed by atoms with van der Waals surface area (Å²) in [5, 5.41) is 14.6. The van der Waals surface area contributed by atoms with Gasteiger partial charge >= 0.3 is 0 Å². The van der Waals surface area contributed by atoms with Gasteiger partial charge in [-0.2, -0.15) is 0 Å². The van der Waals surface area contributed by atoms with E-state index in [0.717, 1.165) is 12.0 Å². The van der Waals surface area contributed by atoms with E-state index in [2.05, 4.69) is 26.1 Å². The van der Waals surface area contributed by atoms with Crippen molar-refractivity contribution in [2.45, 2.75) is 34.1 Å². The zero-order valence-electron chi connectivity index (χ0n) is 13.0. The Labute approximate surface area is 130 Å². The zero-order chi connectivity index (χ0) is 16.0. The lowest BCUT2D eigenvalue weighted by Gasteiger charge is -2.18. The average molecular weight is 315 g/mol. The predicted molar refractivity (Wildman–Crippen MR) is 86.2 cm³/mol. The van der Waals surface area contributed by atoms with Crippen molar-refractivity contribution in [2.24, 2.45) is 5.41 Å². The summed E-state index contributed by atoms with van der Waals surface area (Å²) in [4.78, 5) is 10.6. The number of anilines is 1. The fraction of sp³-hybridized carbons (Fsp3) is 0.600. The Morgan fingerprint density at radius 2 is 2.05 bits per heavy atom. The van der Waals surface area contributed by atoms with E-state index < -0.39 is 4.92 Å². The maximum absolute atomic E-state index is 11.1. The number of aryl methyl sites for hydroxylation is 1. The van der Waals surface area contributed by atoms with E-state index >= 15 is 0 Å². The molecule has 5 nitrogen and oxygen atoms in total. The van der Waals surface area contributed by atoms with Crippen LogP contribution in [-0.2, 0) is 11.2 Å². The van der Waals surface area contributed by atoms with Crippen LogP contribution in [0.4, 0.5) is 11.4 Å². The first-order valence-corrected chi connectivity index (χ1v) is 7.41. The topological polar surface area (TPSA) is 64.4 Å². The number of hydrogen-bond acceptors (Lipinski definition) is 4. The Morgan fingerprint density at radius 3 is 2.57 bits per heavy atom. The highest BCUT2D eigenvalue weighted by molar-refractivity contribution is 6.31. The molecule has 1 N–H and O–H groups in total. The van der Waals surface area contributed by atoms with Crippen molar-refractivity contribution >= 4 is 23.0 Å². The maximum atomic E-state index is 11.1. The van der Waals surface area contributed by atoms with Crippen LogP contribution in [0.3, 0.4) is 0 Å². The SMILES string of the molecule is CCc1cc(NCCOCC(C)(C)C)c([N+](=O)[O-])cc1Cl. The van der Waals surface area contributed by atoms with Crippen molar-refractivity contribution in [3.05, 3.63) is 32.8 Å². The van der Waals surface area contributed by atoms with Crippen molar-refractivity contribution in [1.82, 2.24) is 0 Å². The molecule has 0 fully saturated rings. The molecule has 0 unspecified atom stereocenters. The molecule has 1 rings (SSSR count). The van der Waals surface area contributed by atoms with Gasteiger partial charge in [0.15, 0.2) is 0 Å². The Balaban J connectivity index is 2.67. The van der Waals surface area contributed by atoms with Crippen LogP contribution < -0.4 is 5.32 Å². The minimum absolute atomic E-state index is 0.00646. The summed E-state index contributed by atoms with van der Waals surface area (Å²) in [6.07, 6.45) is 0.728. The predicted octanol–water partition coefficient (Wildman–Crippen LogP) is 4.29. The smallest absolute Gasteiger partial charge is 0.293 e. The lowest BCUT2D eigenvalue weighted by Crippen LogP contribution is -2.18. The van der Waals surface area contributed by atoms with Gasteiger partial charge in [0.1, 0.15) is 5.69 Å². The van der Waals surface area contributed by atoms with Crippen LogP contribution in [0.2, 0.25) is 5.02 Å². The Bertz CT molecular complexity index is 498. The first-order valence-electron chi connectivity index (χ1n) is 7.03. The van der Waals surface area contributed by atoms with Crippen LogP contribution in [0.5, 0.6) is 0 Å². The molecule has 0 saturated heterocycles. The van der Waals surface area contributed by atoms with Crippen LogP contribution in [0.1, 0.15) is 33.3 Å². The van der Waals surface area contributed by atoms with E-state index in [1.807, 2.05) is 6.92 Å². The van der Waals surface area contributed by atoms with Crippen molar-refractivity contribution in [2.75, 3.05) is 25.1 Å². The molecule has 21 heavy (non-hydrogen) atoms. The number of nitro benzene ring substituents is 1. The lowest BCUT2D eigenvalue weighted by atomic mass is 9.99. The third-order valence-corrected chi connectivity index (χ3v) is 3.19. The summed E-state index contributed by atoms with van der Waals surface area (Å²) in [6, 6.07) is 3.14. The standard InChI is InChI=1S/C15H23ClN2O3/c1-5-11-8-13(14(18(19)20)9-12(11)16)17-6-7-21-10-15(2,3)4/h8-9,17H,5-7,10H2,1-4H3. The van der Waals surface area contributed by atoms with E-state index in [9.17, 15) is 10.1 Å². The van der Waals surface area contributed by atoms with Crippen LogP contribution in [-0.4, -0.2) is 24.7 Å². The molecule has 0 atom stereocenters. The largest absolute Gasteiger partial charge is 0.379 e. The quantitative estimate of drug-likeness (QED) is 0.463. The van der Waals surface area contributed by atoms with Crippen LogP contribution in [0.15, 0.2) is 12.1 Å². The first kappa shape index (κ1) is 17.7. The van der Waals surface area contributed by atoms with Crippen molar-refractivity contribution < 1.29 is 9.66 Å². The summed E-state index contributed by atoms with van der Waals surface area (Å²) in [6.45, 7) is 9.91. The Morgan fingerprint density at radius 1 is 1.38 bits per heavy atom. The number of benzene rings is 1. The fourth-order valence-electron chi connectivity index (χ4n) is 1.81. The highest BCUT2D eigenvalue weighted by Gasteiger charge is 2.17. The highest BCUT2D eigenvalue weighted by atomic mass is 35.5. The van der Waals surface area contributed by atoms with E-state index in [0.29, 0.717) is 30.5 Å². The normalized spacial score (nSPS) is 11.5. The number of hydrogen-bond donors (Lipinski definition) is 1. The molecule has 0 aliphatic heterocycles. The second-order valence-electron chi connectivity index (χ2n) is 6.11. The van der Waals surface area contributed by atoms with Crippen molar-refractivity contribution in [3.63, 3.8) is 0 Å². The van der Waals surface area contributed by atoms with Gasteiger partial charge in [-0.1, -0.05) is 39.3 Å². The number of rotatable bonds is 7. The molecule has 0 bridgehead atoms. The molecule has 118 valence electrons. The molecule has 0 spiro atoms. The van der Waals surface area contributed by atoms with Gasteiger partial charge in [0.2, 0.25) is 0 Å². The molecule has 0 aliphatic carbocycles.